The number of carbonyl (C=O) groups is 1. The van der Waals surface area contributed by atoms with Gasteiger partial charge in [-0.15, -0.1) is 0 Å². The largest absolute Gasteiger partial charge is 0.478 e. The highest BCUT2D eigenvalue weighted by molar-refractivity contribution is 5.97. The predicted octanol–water partition coefficient (Wildman–Crippen LogP) is 2.72. The summed E-state index contributed by atoms with van der Waals surface area (Å²) in [5, 5.41) is 0. The number of hydrogen-bond acceptors (Lipinski definition) is 4. The lowest BCUT2D eigenvalue weighted by Crippen LogP contribution is -2.28. The summed E-state index contributed by atoms with van der Waals surface area (Å²) < 4.78 is 5.32. The summed E-state index contributed by atoms with van der Waals surface area (Å²) in [6.07, 6.45) is 4.93. The smallest absolute Gasteiger partial charge is 0.213 e. The number of carbonyl (C=O) groups excluding carboxylic acids is 1. The van der Waals surface area contributed by atoms with Crippen LogP contribution in [0.1, 0.15) is 40.4 Å². The van der Waals surface area contributed by atoms with Gasteiger partial charge in [-0.05, 0) is 48.9 Å². The SMILES string of the molecule is CCOc1ccc(CC(=O)c2ccc3c(c2)CCC(N)C3)cn1. The second kappa shape index (κ2) is 6.92. The highest BCUT2D eigenvalue weighted by Gasteiger charge is 2.17. The van der Waals surface area contributed by atoms with Crippen LogP contribution in [0.5, 0.6) is 5.88 Å². The summed E-state index contributed by atoms with van der Waals surface area (Å²) in [5.41, 5.74) is 10.2. The number of ether oxygens (including phenoxy) is 1. The van der Waals surface area contributed by atoms with Crippen LogP contribution in [-0.2, 0) is 19.3 Å². The molecule has 0 bridgehead atoms. The fraction of sp³-hybridized carbons (Fsp3) is 0.368. The molecule has 1 aromatic carbocycles. The molecule has 0 saturated carbocycles. The Morgan fingerprint density at radius 1 is 1.30 bits per heavy atom. The Morgan fingerprint density at radius 3 is 2.91 bits per heavy atom. The Hall–Kier alpha value is -2.20. The van der Waals surface area contributed by atoms with Crippen LogP contribution in [-0.4, -0.2) is 23.4 Å². The van der Waals surface area contributed by atoms with Crippen LogP contribution in [0.3, 0.4) is 0 Å². The molecule has 3 rings (SSSR count). The predicted molar refractivity (Wildman–Crippen MR) is 89.9 cm³/mol. The zero-order valence-electron chi connectivity index (χ0n) is 13.4. The summed E-state index contributed by atoms with van der Waals surface area (Å²) >= 11 is 0. The molecule has 1 aromatic heterocycles. The van der Waals surface area contributed by atoms with Crippen molar-refractivity contribution in [3.63, 3.8) is 0 Å². The van der Waals surface area contributed by atoms with Crippen molar-refractivity contribution in [2.45, 2.75) is 38.6 Å². The number of hydrogen-bond donors (Lipinski definition) is 1. The highest BCUT2D eigenvalue weighted by Crippen LogP contribution is 2.22. The molecule has 0 radical (unpaired) electrons. The standard InChI is InChI=1S/C19H22N2O2/c1-2-23-19-8-3-13(12-21-19)9-18(22)16-5-4-15-11-17(20)7-6-14(15)10-16/h3-5,8,10,12,17H,2,6-7,9,11,20H2,1H3. The van der Waals surface area contributed by atoms with E-state index < -0.39 is 0 Å². The van der Waals surface area contributed by atoms with E-state index in [4.69, 9.17) is 10.5 Å². The number of nitrogens with zero attached hydrogens (tertiary/aromatic N) is 1. The first kappa shape index (κ1) is 15.7. The van der Waals surface area contributed by atoms with Crippen LogP contribution >= 0.6 is 0 Å². The Morgan fingerprint density at radius 2 is 2.17 bits per heavy atom. The van der Waals surface area contributed by atoms with E-state index in [1.165, 1.54) is 11.1 Å². The molecule has 1 unspecified atom stereocenters. The summed E-state index contributed by atoms with van der Waals surface area (Å²) in [5.74, 6) is 0.711. The minimum atomic E-state index is 0.119. The van der Waals surface area contributed by atoms with Gasteiger partial charge in [-0.1, -0.05) is 18.2 Å². The van der Waals surface area contributed by atoms with Crippen molar-refractivity contribution >= 4 is 5.78 Å². The minimum absolute atomic E-state index is 0.119. The van der Waals surface area contributed by atoms with E-state index in [2.05, 4.69) is 11.1 Å². The van der Waals surface area contributed by atoms with E-state index in [1.807, 2.05) is 25.1 Å². The molecule has 0 spiro atoms. The van der Waals surface area contributed by atoms with Crippen molar-refractivity contribution in [2.75, 3.05) is 6.61 Å². The minimum Gasteiger partial charge on any atom is -0.478 e. The van der Waals surface area contributed by atoms with Crippen molar-refractivity contribution in [2.24, 2.45) is 5.73 Å². The Balaban J connectivity index is 1.70. The molecule has 0 fully saturated rings. The van der Waals surface area contributed by atoms with Gasteiger partial charge >= 0.3 is 0 Å². The Labute approximate surface area is 136 Å². The van der Waals surface area contributed by atoms with Crippen LogP contribution < -0.4 is 10.5 Å². The third-order valence-corrected chi connectivity index (χ3v) is 4.25. The van der Waals surface area contributed by atoms with Crippen LogP contribution in [0.2, 0.25) is 0 Å². The van der Waals surface area contributed by atoms with Gasteiger partial charge in [0.15, 0.2) is 5.78 Å². The van der Waals surface area contributed by atoms with Gasteiger partial charge in [0, 0.05) is 30.3 Å². The monoisotopic (exact) mass is 310 g/mol. The van der Waals surface area contributed by atoms with E-state index in [0.29, 0.717) is 18.9 Å². The maximum atomic E-state index is 12.5. The number of ketones is 1. The maximum Gasteiger partial charge on any atom is 0.213 e. The first-order valence-corrected chi connectivity index (χ1v) is 8.14. The van der Waals surface area contributed by atoms with E-state index in [9.17, 15) is 4.79 Å². The number of fused-ring (bicyclic) bond motifs is 1. The van der Waals surface area contributed by atoms with Gasteiger partial charge in [0.2, 0.25) is 5.88 Å². The maximum absolute atomic E-state index is 12.5. The van der Waals surface area contributed by atoms with Crippen molar-refractivity contribution < 1.29 is 9.53 Å². The first-order valence-electron chi connectivity index (χ1n) is 8.14. The van der Waals surface area contributed by atoms with E-state index >= 15 is 0 Å². The third kappa shape index (κ3) is 3.77. The van der Waals surface area contributed by atoms with Crippen LogP contribution in [0, 0.1) is 0 Å². The van der Waals surface area contributed by atoms with Crippen molar-refractivity contribution in [1.82, 2.24) is 4.98 Å². The number of aromatic nitrogens is 1. The molecular weight excluding hydrogens is 288 g/mol. The molecule has 2 aromatic rings. The average Bonchev–Trinajstić information content (AvgIpc) is 2.56. The summed E-state index contributed by atoms with van der Waals surface area (Å²) in [6.45, 7) is 2.51. The molecule has 2 N–H and O–H groups in total. The Bertz CT molecular complexity index is 695. The fourth-order valence-electron chi connectivity index (χ4n) is 2.99. The second-order valence-electron chi connectivity index (χ2n) is 6.02. The number of benzene rings is 1. The molecule has 1 aliphatic rings. The number of pyridine rings is 1. The topological polar surface area (TPSA) is 65.2 Å². The van der Waals surface area contributed by atoms with Crippen LogP contribution in [0.25, 0.3) is 0 Å². The molecule has 0 aliphatic heterocycles. The van der Waals surface area contributed by atoms with Gasteiger partial charge in [-0.3, -0.25) is 4.79 Å². The number of rotatable bonds is 5. The molecular formula is C19H22N2O2. The molecule has 1 heterocycles. The highest BCUT2D eigenvalue weighted by atomic mass is 16.5. The van der Waals surface area contributed by atoms with E-state index in [0.717, 1.165) is 30.4 Å². The first-order chi connectivity index (χ1) is 11.2. The van der Waals surface area contributed by atoms with E-state index in [1.54, 1.807) is 12.3 Å². The molecule has 1 aliphatic carbocycles. The Kier molecular flexibility index (Phi) is 4.72. The van der Waals surface area contributed by atoms with Crippen LogP contribution in [0.4, 0.5) is 0 Å². The van der Waals surface area contributed by atoms with Gasteiger partial charge in [0.1, 0.15) is 0 Å². The van der Waals surface area contributed by atoms with Gasteiger partial charge in [-0.2, -0.15) is 0 Å². The van der Waals surface area contributed by atoms with Gasteiger partial charge in [0.05, 0.1) is 6.61 Å². The fourth-order valence-corrected chi connectivity index (χ4v) is 2.99. The normalized spacial score (nSPS) is 16.7. The molecule has 0 amide bonds. The molecule has 1 atom stereocenters. The quantitative estimate of drug-likeness (QED) is 0.862. The van der Waals surface area contributed by atoms with Crippen molar-refractivity contribution in [3.8, 4) is 5.88 Å². The summed E-state index contributed by atoms with van der Waals surface area (Å²) in [6, 6.07) is 9.96. The zero-order chi connectivity index (χ0) is 16.2. The molecule has 0 saturated heterocycles. The number of aryl methyl sites for hydroxylation is 1. The zero-order valence-corrected chi connectivity index (χ0v) is 13.4. The number of nitrogens with two attached hydrogens (primary N) is 1. The van der Waals surface area contributed by atoms with E-state index in [-0.39, 0.29) is 11.8 Å². The van der Waals surface area contributed by atoms with Crippen molar-refractivity contribution in [1.29, 1.82) is 0 Å². The lowest BCUT2D eigenvalue weighted by molar-refractivity contribution is 0.0992. The molecule has 4 heteroatoms. The lowest BCUT2D eigenvalue weighted by atomic mass is 9.87. The molecule has 4 nitrogen and oxygen atoms in total. The second-order valence-corrected chi connectivity index (χ2v) is 6.02. The number of Topliss-reactive ketones (excluding diaryl/α,β-unsaturated/α-hetero) is 1. The van der Waals surface area contributed by atoms with Gasteiger partial charge in [-0.25, -0.2) is 4.98 Å². The van der Waals surface area contributed by atoms with Crippen LogP contribution in [0.15, 0.2) is 36.5 Å². The van der Waals surface area contributed by atoms with Crippen molar-refractivity contribution in [3.05, 3.63) is 58.8 Å². The average molecular weight is 310 g/mol. The lowest BCUT2D eigenvalue weighted by Gasteiger charge is -2.21. The third-order valence-electron chi connectivity index (χ3n) is 4.25. The van der Waals surface area contributed by atoms with Gasteiger partial charge in [0.25, 0.3) is 0 Å². The summed E-state index contributed by atoms with van der Waals surface area (Å²) in [7, 11) is 0. The van der Waals surface area contributed by atoms with Gasteiger partial charge < -0.3 is 10.5 Å². The summed E-state index contributed by atoms with van der Waals surface area (Å²) in [4.78, 5) is 16.7. The molecule has 23 heavy (non-hydrogen) atoms. The molecule has 120 valence electrons.